The average molecular weight is 671 g/mol. The van der Waals surface area contributed by atoms with E-state index < -0.39 is 102 Å². The molecule has 0 bridgehead atoms. The van der Waals surface area contributed by atoms with Gasteiger partial charge in [0.2, 0.25) is 5.91 Å². The molecule has 248 valence electrons. The predicted molar refractivity (Wildman–Crippen MR) is 148 cm³/mol. The van der Waals surface area contributed by atoms with Gasteiger partial charge in [-0.2, -0.15) is 13.9 Å². The molecule has 0 saturated carbocycles. The smallest absolute Gasteiger partial charge is 0.290 e. The van der Waals surface area contributed by atoms with Crippen LogP contribution in [0.15, 0.2) is 48.7 Å². The van der Waals surface area contributed by atoms with Crippen molar-refractivity contribution < 1.29 is 49.1 Å². The average Bonchev–Trinajstić information content (AvgIpc) is 3.37. The third kappa shape index (κ3) is 6.73. The van der Waals surface area contributed by atoms with E-state index in [0.717, 1.165) is 30.5 Å². The number of nitrogen functional groups attached to an aromatic ring is 1. The zero-order chi connectivity index (χ0) is 34.4. The maximum absolute atomic E-state index is 14.9. The Kier molecular flexibility index (Phi) is 8.68. The van der Waals surface area contributed by atoms with E-state index >= 15 is 0 Å². The quantitative estimate of drug-likeness (QED) is 0.187. The number of hydrogen-bond acceptors (Lipinski definition) is 5. The van der Waals surface area contributed by atoms with E-state index in [1.165, 1.54) is 12.1 Å². The highest BCUT2D eigenvalue weighted by molar-refractivity contribution is 5.94. The molecule has 1 atom stereocenters. The first-order chi connectivity index (χ1) is 22.0. The van der Waals surface area contributed by atoms with Crippen molar-refractivity contribution in [3.05, 3.63) is 99.9 Å². The molecule has 17 heteroatoms. The fourth-order valence-corrected chi connectivity index (χ4v) is 5.48. The lowest BCUT2D eigenvalue weighted by molar-refractivity contribution is -0.123. The van der Waals surface area contributed by atoms with Gasteiger partial charge in [-0.1, -0.05) is 6.07 Å². The Morgan fingerprint density at radius 1 is 0.936 bits per heavy atom. The Labute approximate surface area is 259 Å². The summed E-state index contributed by atoms with van der Waals surface area (Å²) in [6, 6.07) is 5.51. The SMILES string of the molecule is NC(=O)c1cc(-c2cc(N)cnc2[C@H](Cc2cc(F)cc(F)c2)NC(=O)Cn2nc(C(F)F)c3c2C(F)(F)CCC3(F)F)ccc1F. The molecule has 2 aromatic carbocycles. The number of pyridine rings is 1. The molecule has 5 rings (SSSR count). The van der Waals surface area contributed by atoms with E-state index in [0.29, 0.717) is 6.07 Å². The summed E-state index contributed by atoms with van der Waals surface area (Å²) >= 11 is 0. The Morgan fingerprint density at radius 2 is 1.60 bits per heavy atom. The van der Waals surface area contributed by atoms with E-state index in [9.17, 15) is 49.1 Å². The molecule has 47 heavy (non-hydrogen) atoms. The molecule has 2 heterocycles. The molecular formula is C30H23F9N6O2. The second-order valence-electron chi connectivity index (χ2n) is 10.8. The number of alkyl halides is 6. The minimum absolute atomic E-state index is 0.0430. The number of amides is 2. The first-order valence-electron chi connectivity index (χ1n) is 13.7. The molecule has 1 aliphatic rings. The Bertz CT molecular complexity index is 1860. The van der Waals surface area contributed by atoms with Crippen LogP contribution in [0.1, 0.15) is 63.9 Å². The van der Waals surface area contributed by atoms with Gasteiger partial charge in [0.05, 0.1) is 34.7 Å². The number of hydrogen-bond donors (Lipinski definition) is 3. The zero-order valence-electron chi connectivity index (χ0n) is 23.8. The second kappa shape index (κ2) is 12.3. The first-order valence-corrected chi connectivity index (χ1v) is 13.7. The third-order valence-electron chi connectivity index (χ3n) is 7.45. The van der Waals surface area contributed by atoms with Crippen molar-refractivity contribution in [3.63, 3.8) is 0 Å². The molecular weight excluding hydrogens is 647 g/mol. The number of carbonyl (C=O) groups excluding carboxylic acids is 2. The lowest BCUT2D eigenvalue weighted by Gasteiger charge is -2.29. The Hall–Kier alpha value is -5.09. The molecule has 0 unspecified atom stereocenters. The number of halogens is 9. The standard InChI is InChI=1S/C30H23F9N6O2/c31-15-5-13(6-16(32)9-15)7-21(24-18(10-17(40)11-42-24)14-1-2-20(33)19(8-14)28(41)47)43-22(46)12-45-26-23(25(44-45)27(34)35)29(36,37)3-4-30(26,38)39/h1-2,5-6,8-11,21,27H,3-4,7,12,40H2,(H2,41,47)(H,43,46)/t21-/m0/s1. The zero-order valence-corrected chi connectivity index (χ0v) is 23.8. The molecule has 1 aliphatic carbocycles. The second-order valence-corrected chi connectivity index (χ2v) is 10.8. The molecule has 0 fully saturated rings. The summed E-state index contributed by atoms with van der Waals surface area (Å²) in [5.41, 5.74) is 5.91. The largest absolute Gasteiger partial charge is 0.397 e. The number of fused-ring (bicyclic) bond motifs is 1. The maximum Gasteiger partial charge on any atom is 0.290 e. The predicted octanol–water partition coefficient (Wildman–Crippen LogP) is 6.06. The van der Waals surface area contributed by atoms with Gasteiger partial charge in [0.15, 0.2) is 0 Å². The molecule has 2 amide bonds. The van der Waals surface area contributed by atoms with E-state index in [1.807, 2.05) is 0 Å². The van der Waals surface area contributed by atoms with Crippen LogP contribution in [0.5, 0.6) is 0 Å². The van der Waals surface area contributed by atoms with Gasteiger partial charge in [-0.3, -0.25) is 19.3 Å². The van der Waals surface area contributed by atoms with Crippen molar-refractivity contribution in [1.29, 1.82) is 0 Å². The Morgan fingerprint density at radius 3 is 2.23 bits per heavy atom. The maximum atomic E-state index is 14.9. The van der Waals surface area contributed by atoms with Crippen molar-refractivity contribution in [2.24, 2.45) is 5.73 Å². The third-order valence-corrected chi connectivity index (χ3v) is 7.45. The summed E-state index contributed by atoms with van der Waals surface area (Å²) in [5.74, 6) is -13.4. The number of nitrogens with zero attached hydrogens (tertiary/aromatic N) is 3. The van der Waals surface area contributed by atoms with Crippen LogP contribution in [-0.4, -0.2) is 26.6 Å². The van der Waals surface area contributed by atoms with Gasteiger partial charge in [0.1, 0.15) is 35.4 Å². The summed E-state index contributed by atoms with van der Waals surface area (Å²) in [7, 11) is 0. The van der Waals surface area contributed by atoms with Crippen LogP contribution < -0.4 is 16.8 Å². The monoisotopic (exact) mass is 670 g/mol. The highest BCUT2D eigenvalue weighted by atomic mass is 19.3. The van der Waals surface area contributed by atoms with E-state index in [1.54, 1.807) is 0 Å². The summed E-state index contributed by atoms with van der Waals surface area (Å²) in [6.45, 7) is -1.25. The number of rotatable bonds is 9. The van der Waals surface area contributed by atoms with Gasteiger partial charge in [-0.05, 0) is 47.9 Å². The molecule has 0 aliphatic heterocycles. The van der Waals surface area contributed by atoms with Crippen LogP contribution in [0, 0.1) is 17.5 Å². The minimum atomic E-state index is -4.08. The Balaban J connectivity index is 1.59. The lowest BCUT2D eigenvalue weighted by Crippen LogP contribution is -2.37. The van der Waals surface area contributed by atoms with Crippen molar-refractivity contribution in [1.82, 2.24) is 20.1 Å². The topological polar surface area (TPSA) is 129 Å². The molecule has 8 nitrogen and oxygen atoms in total. The number of nitrogens with two attached hydrogens (primary N) is 2. The van der Waals surface area contributed by atoms with Crippen LogP contribution in [0.25, 0.3) is 11.1 Å². The van der Waals surface area contributed by atoms with Gasteiger partial charge in [-0.15, -0.1) is 0 Å². The van der Waals surface area contributed by atoms with Crippen LogP contribution in [-0.2, 0) is 29.6 Å². The van der Waals surface area contributed by atoms with Crippen molar-refractivity contribution in [3.8, 4) is 11.1 Å². The molecule has 0 radical (unpaired) electrons. The number of aromatic nitrogens is 3. The van der Waals surface area contributed by atoms with Gasteiger partial charge in [0, 0.05) is 24.5 Å². The molecule has 4 aromatic rings. The molecule has 5 N–H and O–H groups in total. The number of benzene rings is 2. The van der Waals surface area contributed by atoms with Crippen molar-refractivity contribution in [2.45, 2.75) is 50.1 Å². The van der Waals surface area contributed by atoms with Gasteiger partial charge >= 0.3 is 0 Å². The van der Waals surface area contributed by atoms with Crippen molar-refractivity contribution >= 4 is 17.5 Å². The van der Waals surface area contributed by atoms with Gasteiger partial charge in [-0.25, -0.2) is 30.7 Å². The molecule has 0 spiro atoms. The fourth-order valence-electron chi connectivity index (χ4n) is 5.48. The summed E-state index contributed by atoms with van der Waals surface area (Å²) in [5, 5.41) is 5.66. The lowest BCUT2D eigenvalue weighted by atomic mass is 9.89. The van der Waals surface area contributed by atoms with Crippen LogP contribution >= 0.6 is 0 Å². The number of anilines is 1. The molecule has 0 saturated heterocycles. The number of nitrogens with one attached hydrogen (secondary N) is 1. The number of carbonyl (C=O) groups is 2. The summed E-state index contributed by atoms with van der Waals surface area (Å²) < 4.78 is 129. The highest BCUT2D eigenvalue weighted by Gasteiger charge is 2.55. The van der Waals surface area contributed by atoms with Crippen LogP contribution in [0.2, 0.25) is 0 Å². The highest BCUT2D eigenvalue weighted by Crippen LogP contribution is 2.52. The summed E-state index contributed by atoms with van der Waals surface area (Å²) in [4.78, 5) is 29.4. The van der Waals surface area contributed by atoms with E-state index in [-0.39, 0.29) is 32.8 Å². The van der Waals surface area contributed by atoms with E-state index in [4.69, 9.17) is 11.5 Å². The van der Waals surface area contributed by atoms with Crippen LogP contribution in [0.3, 0.4) is 0 Å². The van der Waals surface area contributed by atoms with Gasteiger partial charge in [0.25, 0.3) is 24.2 Å². The molecule has 2 aromatic heterocycles. The van der Waals surface area contributed by atoms with Crippen LogP contribution in [0.4, 0.5) is 45.2 Å². The minimum Gasteiger partial charge on any atom is -0.397 e. The summed E-state index contributed by atoms with van der Waals surface area (Å²) in [6.07, 6.45) is -5.80. The van der Waals surface area contributed by atoms with Crippen molar-refractivity contribution in [2.75, 3.05) is 5.73 Å². The van der Waals surface area contributed by atoms with E-state index in [2.05, 4.69) is 15.4 Å². The van der Waals surface area contributed by atoms with Gasteiger partial charge < -0.3 is 16.8 Å². The normalized spacial score (nSPS) is 15.7. The fraction of sp³-hybridized carbons (Fsp3) is 0.267. The number of primary amides is 1. The first kappa shape index (κ1) is 33.3.